The van der Waals surface area contributed by atoms with Crippen molar-refractivity contribution in [3.63, 3.8) is 0 Å². The van der Waals surface area contributed by atoms with Crippen LogP contribution in [0, 0.1) is 0 Å². The molecule has 1 heterocycles. The molecule has 44 valence electrons. The summed E-state index contributed by atoms with van der Waals surface area (Å²) in [7, 11) is 0. The van der Waals surface area contributed by atoms with Gasteiger partial charge in [0, 0.05) is 6.21 Å². The summed E-state index contributed by atoms with van der Waals surface area (Å²) in [6, 6.07) is 0. The van der Waals surface area contributed by atoms with Crippen LogP contribution in [-0.4, -0.2) is 17.2 Å². The third-order valence-corrected chi connectivity index (χ3v) is 2.87. The molecule has 1 unspecified atom stereocenters. The number of hydrogen-bond donors (Lipinski definition) is 0. The smallest absolute Gasteiger partial charge is 0.144 e. The predicted molar refractivity (Wildman–Crippen MR) is 42.5 cm³/mol. The van der Waals surface area contributed by atoms with Crippen LogP contribution in [-0.2, 0) is 0 Å². The van der Waals surface area contributed by atoms with Crippen molar-refractivity contribution in [2.24, 2.45) is 4.99 Å². The maximum absolute atomic E-state index is 4.16. The largest absolute Gasteiger partial charge is 0.268 e. The first-order chi connectivity index (χ1) is 3.93. The minimum atomic E-state index is 0.403. The second kappa shape index (κ2) is 3.20. The molecule has 0 radical (unpaired) electrons. The fraction of sp³-hybridized carbons (Fsp3) is 0.400. The Morgan fingerprint density at radius 3 is 3.00 bits per heavy atom. The van der Waals surface area contributed by atoms with Gasteiger partial charge in [0.05, 0.1) is 0 Å². The zero-order valence-electron chi connectivity index (χ0n) is 4.57. The fourth-order valence-electron chi connectivity index (χ4n) is 0.419. The summed E-state index contributed by atoms with van der Waals surface area (Å²) in [5.74, 6) is 0. The molecule has 1 aliphatic rings. The van der Waals surface area contributed by atoms with Gasteiger partial charge in [-0.05, 0) is 17.7 Å². The van der Waals surface area contributed by atoms with Gasteiger partial charge in [-0.25, -0.2) is 0 Å². The average molecular weight is 145 g/mol. The van der Waals surface area contributed by atoms with Gasteiger partial charge < -0.3 is 0 Å². The third kappa shape index (κ3) is 1.56. The second-order valence-corrected chi connectivity index (χ2v) is 3.51. The van der Waals surface area contributed by atoms with Crippen LogP contribution in [0.15, 0.2) is 16.5 Å². The van der Waals surface area contributed by atoms with E-state index in [0.29, 0.717) is 4.71 Å². The third-order valence-electron chi connectivity index (χ3n) is 0.769. The summed E-state index contributed by atoms with van der Waals surface area (Å²) in [6.45, 7) is 0. The van der Waals surface area contributed by atoms with Crippen molar-refractivity contribution in [1.82, 2.24) is 0 Å². The summed E-state index contributed by atoms with van der Waals surface area (Å²) in [5.41, 5.74) is 0. The Morgan fingerprint density at radius 1 is 1.75 bits per heavy atom. The van der Waals surface area contributed by atoms with Crippen molar-refractivity contribution < 1.29 is 0 Å². The molecule has 0 aromatic rings. The summed E-state index contributed by atoms with van der Waals surface area (Å²) in [6.07, 6.45) is 5.86. The van der Waals surface area contributed by atoms with Crippen molar-refractivity contribution in [3.05, 3.63) is 11.5 Å². The van der Waals surface area contributed by atoms with Gasteiger partial charge in [-0.1, -0.05) is 11.8 Å². The van der Waals surface area contributed by atoms with Gasteiger partial charge in [0.1, 0.15) is 4.71 Å². The lowest BCUT2D eigenvalue weighted by Crippen LogP contribution is -1.91. The zero-order chi connectivity index (χ0) is 5.82. The summed E-state index contributed by atoms with van der Waals surface area (Å²) in [5, 5.41) is 2.06. The Labute approximate surface area is 57.6 Å². The lowest BCUT2D eigenvalue weighted by Gasteiger charge is -2.06. The highest BCUT2D eigenvalue weighted by molar-refractivity contribution is 8.18. The normalized spacial score (nSPS) is 26.4. The number of allylic oxidation sites excluding steroid dienone is 1. The Bertz CT molecular complexity index is 120. The first-order valence-corrected chi connectivity index (χ1v) is 4.53. The number of thioether (sulfide) groups is 2. The van der Waals surface area contributed by atoms with E-state index in [-0.39, 0.29) is 0 Å². The van der Waals surface area contributed by atoms with Crippen LogP contribution in [0.5, 0.6) is 0 Å². The van der Waals surface area contributed by atoms with Gasteiger partial charge in [-0.15, -0.1) is 11.8 Å². The van der Waals surface area contributed by atoms with Crippen molar-refractivity contribution in [2.45, 2.75) is 4.71 Å². The highest BCUT2D eigenvalue weighted by Gasteiger charge is 2.01. The Hall–Kier alpha value is 0.110. The van der Waals surface area contributed by atoms with Crippen LogP contribution in [0.25, 0.3) is 0 Å². The summed E-state index contributed by atoms with van der Waals surface area (Å²) < 4.78 is 0.403. The minimum Gasteiger partial charge on any atom is -0.268 e. The van der Waals surface area contributed by atoms with Crippen LogP contribution < -0.4 is 0 Å². The highest BCUT2D eigenvalue weighted by atomic mass is 32.2. The van der Waals surface area contributed by atoms with E-state index in [0.717, 1.165) is 0 Å². The van der Waals surface area contributed by atoms with Gasteiger partial charge in [0.15, 0.2) is 0 Å². The maximum atomic E-state index is 4.16. The van der Waals surface area contributed by atoms with E-state index in [2.05, 4.69) is 16.7 Å². The number of hydrogen-bond acceptors (Lipinski definition) is 3. The van der Waals surface area contributed by atoms with Gasteiger partial charge in [-0.2, -0.15) is 0 Å². The standard InChI is InChI=1S/C5H7NS2/c1-7-5-6-3-2-4-8-5/h2-5H,1H3. The molecule has 1 nitrogen and oxygen atoms in total. The van der Waals surface area contributed by atoms with Crippen molar-refractivity contribution in [1.29, 1.82) is 0 Å². The molecule has 0 amide bonds. The van der Waals surface area contributed by atoms with Gasteiger partial charge in [0.25, 0.3) is 0 Å². The number of rotatable bonds is 1. The van der Waals surface area contributed by atoms with E-state index in [1.807, 2.05) is 12.3 Å². The van der Waals surface area contributed by atoms with Crippen LogP contribution >= 0.6 is 23.5 Å². The monoisotopic (exact) mass is 145 g/mol. The topological polar surface area (TPSA) is 12.4 Å². The number of nitrogens with zero attached hydrogens (tertiary/aromatic N) is 1. The molecule has 0 aromatic carbocycles. The average Bonchev–Trinajstić information content (AvgIpc) is 1.90. The summed E-state index contributed by atoms with van der Waals surface area (Å²) >= 11 is 3.51. The molecule has 0 N–H and O–H groups in total. The Balaban J connectivity index is 2.40. The van der Waals surface area contributed by atoms with Crippen LogP contribution in [0.2, 0.25) is 0 Å². The Morgan fingerprint density at radius 2 is 2.62 bits per heavy atom. The molecule has 3 heteroatoms. The van der Waals surface area contributed by atoms with E-state index < -0.39 is 0 Å². The second-order valence-electron chi connectivity index (χ2n) is 1.31. The fourth-order valence-corrected chi connectivity index (χ4v) is 1.68. The van der Waals surface area contributed by atoms with E-state index in [9.17, 15) is 0 Å². The highest BCUT2D eigenvalue weighted by Crippen LogP contribution is 2.24. The molecule has 1 atom stereocenters. The molecule has 0 spiro atoms. The summed E-state index contributed by atoms with van der Waals surface area (Å²) in [4.78, 5) is 4.16. The molecule has 0 aromatic heterocycles. The molecule has 8 heavy (non-hydrogen) atoms. The molecule has 0 fully saturated rings. The predicted octanol–water partition coefficient (Wildman–Crippen LogP) is 1.96. The van der Waals surface area contributed by atoms with Crippen molar-refractivity contribution >= 4 is 29.7 Å². The van der Waals surface area contributed by atoms with Gasteiger partial charge in [0.2, 0.25) is 0 Å². The van der Waals surface area contributed by atoms with Crippen LogP contribution in [0.4, 0.5) is 0 Å². The number of aliphatic imine (C=N–C) groups is 1. The lowest BCUT2D eigenvalue weighted by atomic mass is 10.7. The van der Waals surface area contributed by atoms with Crippen LogP contribution in [0.3, 0.4) is 0 Å². The quantitative estimate of drug-likeness (QED) is 0.559. The molecule has 0 aliphatic carbocycles. The molecule has 1 aliphatic heterocycles. The first-order valence-electron chi connectivity index (χ1n) is 2.30. The SMILES string of the molecule is CSC1N=CC=CS1. The molecule has 0 saturated heterocycles. The lowest BCUT2D eigenvalue weighted by molar-refractivity contribution is 1.32. The first kappa shape index (κ1) is 6.23. The van der Waals surface area contributed by atoms with E-state index in [1.165, 1.54) is 0 Å². The van der Waals surface area contributed by atoms with Gasteiger partial charge in [-0.3, -0.25) is 4.99 Å². The van der Waals surface area contributed by atoms with E-state index in [4.69, 9.17) is 0 Å². The molecular weight excluding hydrogens is 138 g/mol. The zero-order valence-corrected chi connectivity index (χ0v) is 6.21. The molecule has 1 rings (SSSR count). The molecule has 0 bridgehead atoms. The Kier molecular flexibility index (Phi) is 2.49. The van der Waals surface area contributed by atoms with Crippen LogP contribution in [0.1, 0.15) is 0 Å². The van der Waals surface area contributed by atoms with E-state index in [1.54, 1.807) is 23.5 Å². The molecular formula is C5H7NS2. The minimum absolute atomic E-state index is 0.403. The van der Waals surface area contributed by atoms with E-state index >= 15 is 0 Å². The van der Waals surface area contributed by atoms with Crippen molar-refractivity contribution in [3.8, 4) is 0 Å². The van der Waals surface area contributed by atoms with Gasteiger partial charge >= 0.3 is 0 Å². The van der Waals surface area contributed by atoms with Crippen molar-refractivity contribution in [2.75, 3.05) is 6.26 Å². The molecule has 0 saturated carbocycles. The maximum Gasteiger partial charge on any atom is 0.144 e.